The van der Waals surface area contributed by atoms with E-state index in [2.05, 4.69) is 15.3 Å². The molecule has 42 heavy (non-hydrogen) atoms. The molecule has 13 heteroatoms. The first kappa shape index (κ1) is 35.9. The molecular weight excluding hydrogens is 564 g/mol. The highest BCUT2D eigenvalue weighted by molar-refractivity contribution is 6.32. The lowest BCUT2D eigenvalue weighted by molar-refractivity contribution is -0.144. The molecule has 0 bridgehead atoms. The molecule has 1 aromatic carbocycles. The molecule has 0 spiro atoms. The summed E-state index contributed by atoms with van der Waals surface area (Å²) >= 11 is 5.68. The first-order valence-corrected chi connectivity index (χ1v) is 13.8. The number of carbonyl (C=O) groups is 3. The summed E-state index contributed by atoms with van der Waals surface area (Å²) < 4.78 is 15.9. The van der Waals surface area contributed by atoms with E-state index in [9.17, 15) is 14.4 Å². The standard InChI is InChI=1S/C23H31NO6.C6H10ClN5/c1-4-7-9-12-18(5-2)22(26)29-16-15-28-20(21(25)24-6-3)17-30-23(27)19-13-10-8-11-14-19;1-12(2)5-3(8)4(7)10-6(9)11-5/h5,7-11,13-14,20H,4,6,12,15-17H2,1-3H3,(H,24,25);8H2,1-2H3,(H2,9,10,11)/b9-7-,18-5+;. The third kappa shape index (κ3) is 13.0. The van der Waals surface area contributed by atoms with E-state index in [0.717, 1.165) is 6.42 Å². The van der Waals surface area contributed by atoms with E-state index in [1.807, 2.05) is 19.1 Å². The van der Waals surface area contributed by atoms with Crippen LogP contribution in [-0.2, 0) is 23.8 Å². The number of esters is 2. The minimum atomic E-state index is -0.995. The minimum absolute atomic E-state index is 0.00176. The predicted octanol–water partition coefficient (Wildman–Crippen LogP) is 3.57. The minimum Gasteiger partial charge on any atom is -0.460 e. The predicted molar refractivity (Wildman–Crippen MR) is 164 cm³/mol. The number of nitrogens with two attached hydrogens (primary N) is 2. The largest absolute Gasteiger partial charge is 0.460 e. The van der Waals surface area contributed by atoms with Crippen molar-refractivity contribution in [1.82, 2.24) is 15.3 Å². The van der Waals surface area contributed by atoms with Gasteiger partial charge in [0.15, 0.2) is 17.1 Å². The van der Waals surface area contributed by atoms with Crippen LogP contribution in [0.5, 0.6) is 0 Å². The molecule has 1 atom stereocenters. The molecule has 0 saturated heterocycles. The van der Waals surface area contributed by atoms with E-state index in [4.69, 9.17) is 37.3 Å². The number of rotatable bonds is 14. The first-order chi connectivity index (χ1) is 20.0. The number of nitrogens with zero attached hydrogens (tertiary/aromatic N) is 3. The van der Waals surface area contributed by atoms with Crippen LogP contribution in [0.2, 0.25) is 5.15 Å². The Morgan fingerprint density at radius 1 is 1.05 bits per heavy atom. The molecule has 230 valence electrons. The highest BCUT2D eigenvalue weighted by Gasteiger charge is 2.21. The van der Waals surface area contributed by atoms with Crippen molar-refractivity contribution < 1.29 is 28.6 Å². The Labute approximate surface area is 252 Å². The second kappa shape index (κ2) is 19.8. The van der Waals surface area contributed by atoms with Crippen LogP contribution in [0.15, 0.2) is 54.1 Å². The van der Waals surface area contributed by atoms with Crippen LogP contribution in [0, 0.1) is 0 Å². The topological polar surface area (TPSA) is 172 Å². The number of nitrogen functional groups attached to an aromatic ring is 2. The zero-order chi connectivity index (χ0) is 31.5. The Morgan fingerprint density at radius 3 is 2.33 bits per heavy atom. The molecule has 1 aromatic heterocycles. The third-order valence-electron chi connectivity index (χ3n) is 5.32. The summed E-state index contributed by atoms with van der Waals surface area (Å²) in [5.41, 5.74) is 12.3. The number of aromatic nitrogens is 2. The van der Waals surface area contributed by atoms with Gasteiger partial charge in [0.1, 0.15) is 18.9 Å². The Hall–Kier alpha value is -4.16. The maximum Gasteiger partial charge on any atom is 0.338 e. The van der Waals surface area contributed by atoms with Crippen molar-refractivity contribution >= 4 is 46.9 Å². The van der Waals surface area contributed by atoms with Crippen LogP contribution in [0.4, 0.5) is 17.5 Å². The first-order valence-electron chi connectivity index (χ1n) is 13.4. The molecule has 1 unspecified atom stereocenters. The van der Waals surface area contributed by atoms with Crippen molar-refractivity contribution in [3.05, 3.63) is 64.8 Å². The number of halogens is 1. The van der Waals surface area contributed by atoms with Crippen LogP contribution in [0.25, 0.3) is 0 Å². The second-order valence-corrected chi connectivity index (χ2v) is 9.11. The quantitative estimate of drug-likeness (QED) is 0.0946. The number of hydrogen-bond acceptors (Lipinski definition) is 11. The number of nitrogens with one attached hydrogen (secondary N) is 1. The van der Waals surface area contributed by atoms with E-state index in [0.29, 0.717) is 35.6 Å². The van der Waals surface area contributed by atoms with Crippen molar-refractivity contribution in [2.45, 2.75) is 39.7 Å². The highest BCUT2D eigenvalue weighted by Crippen LogP contribution is 2.25. The molecule has 0 radical (unpaired) electrons. The molecule has 0 fully saturated rings. The zero-order valence-corrected chi connectivity index (χ0v) is 25.5. The van der Waals surface area contributed by atoms with Crippen molar-refractivity contribution in [3.8, 4) is 0 Å². The molecule has 0 aliphatic carbocycles. The summed E-state index contributed by atoms with van der Waals surface area (Å²) in [4.78, 5) is 45.7. The van der Waals surface area contributed by atoms with Crippen molar-refractivity contribution in [2.75, 3.05) is 56.8 Å². The van der Waals surface area contributed by atoms with Crippen LogP contribution >= 0.6 is 11.6 Å². The summed E-state index contributed by atoms with van der Waals surface area (Å²) in [6, 6.07) is 8.48. The van der Waals surface area contributed by atoms with Gasteiger partial charge in [-0.3, -0.25) is 4.79 Å². The summed E-state index contributed by atoms with van der Waals surface area (Å²) in [6.07, 6.45) is 6.01. The van der Waals surface area contributed by atoms with Gasteiger partial charge in [-0.1, -0.05) is 55.0 Å². The van der Waals surface area contributed by atoms with Gasteiger partial charge in [0.25, 0.3) is 5.91 Å². The number of anilines is 3. The monoisotopic (exact) mass is 604 g/mol. The average molecular weight is 605 g/mol. The van der Waals surface area contributed by atoms with Gasteiger partial charge >= 0.3 is 11.9 Å². The summed E-state index contributed by atoms with van der Waals surface area (Å²) in [6.45, 7) is 5.72. The maximum absolute atomic E-state index is 12.2. The van der Waals surface area contributed by atoms with E-state index >= 15 is 0 Å². The van der Waals surface area contributed by atoms with Crippen molar-refractivity contribution in [1.29, 1.82) is 0 Å². The lowest BCUT2D eigenvalue weighted by Gasteiger charge is -2.17. The lowest BCUT2D eigenvalue weighted by Crippen LogP contribution is -2.40. The summed E-state index contributed by atoms with van der Waals surface area (Å²) in [5, 5.41) is 2.82. The average Bonchev–Trinajstić information content (AvgIpc) is 2.97. The molecule has 5 N–H and O–H groups in total. The number of allylic oxidation sites excluding steroid dienone is 3. The van der Waals surface area contributed by atoms with Gasteiger partial charge < -0.3 is 35.9 Å². The fourth-order valence-electron chi connectivity index (χ4n) is 3.20. The number of amides is 1. The van der Waals surface area contributed by atoms with E-state index in [-0.39, 0.29) is 30.9 Å². The Balaban J connectivity index is 0.000000609. The molecule has 2 rings (SSSR count). The highest BCUT2D eigenvalue weighted by atomic mass is 35.5. The summed E-state index contributed by atoms with van der Waals surface area (Å²) in [5.74, 6) is -0.710. The van der Waals surface area contributed by atoms with Crippen molar-refractivity contribution in [3.63, 3.8) is 0 Å². The number of carbonyl (C=O) groups excluding carboxylic acids is 3. The number of ether oxygens (including phenoxy) is 3. The molecule has 12 nitrogen and oxygen atoms in total. The summed E-state index contributed by atoms with van der Waals surface area (Å²) in [7, 11) is 3.60. The number of hydrogen-bond donors (Lipinski definition) is 3. The van der Waals surface area contributed by atoms with Gasteiger partial charge in [0.05, 0.1) is 12.2 Å². The molecule has 1 heterocycles. The Bertz CT molecular complexity index is 1210. The van der Waals surface area contributed by atoms with Gasteiger partial charge in [-0.25, -0.2) is 9.59 Å². The third-order valence-corrected chi connectivity index (χ3v) is 5.61. The molecule has 0 aliphatic rings. The van der Waals surface area contributed by atoms with Gasteiger partial charge in [0.2, 0.25) is 5.95 Å². The number of likely N-dealkylation sites (N-methyl/N-ethyl adjacent to an activating group) is 1. The second-order valence-electron chi connectivity index (χ2n) is 8.76. The van der Waals surface area contributed by atoms with E-state index in [1.54, 1.807) is 69.3 Å². The van der Waals surface area contributed by atoms with Crippen LogP contribution in [0.3, 0.4) is 0 Å². The Kier molecular flexibility index (Phi) is 16.9. The van der Waals surface area contributed by atoms with E-state index in [1.165, 1.54) is 0 Å². The molecule has 0 saturated carbocycles. The SMILES string of the molecule is C/C=C(\C/C=C\CC)C(=O)OCCOC(COC(=O)c1ccccc1)C(=O)NCC.CN(C)c1nc(N)nc(Cl)c1N. The fraction of sp³-hybridized carbons (Fsp3) is 0.414. The zero-order valence-electron chi connectivity index (χ0n) is 24.8. The fourth-order valence-corrected chi connectivity index (χ4v) is 3.37. The van der Waals surface area contributed by atoms with Gasteiger partial charge in [-0.05, 0) is 38.8 Å². The van der Waals surface area contributed by atoms with Crippen LogP contribution in [0.1, 0.15) is 44.0 Å². The molecule has 0 aliphatic heterocycles. The number of benzene rings is 1. The maximum atomic E-state index is 12.2. The van der Waals surface area contributed by atoms with Crippen molar-refractivity contribution in [2.24, 2.45) is 0 Å². The van der Waals surface area contributed by atoms with Gasteiger partial charge in [-0.2, -0.15) is 9.97 Å². The molecular formula is C29H41ClN6O6. The molecule has 1 amide bonds. The van der Waals surface area contributed by atoms with Gasteiger partial charge in [0, 0.05) is 26.2 Å². The Morgan fingerprint density at radius 2 is 1.74 bits per heavy atom. The van der Waals surface area contributed by atoms with Crippen LogP contribution < -0.4 is 21.7 Å². The smallest absolute Gasteiger partial charge is 0.338 e. The van der Waals surface area contributed by atoms with Crippen LogP contribution in [-0.4, -0.2) is 74.4 Å². The van der Waals surface area contributed by atoms with E-state index < -0.39 is 23.9 Å². The normalized spacial score (nSPS) is 11.7. The lowest BCUT2D eigenvalue weighted by atomic mass is 10.1. The molecule has 2 aromatic rings. The van der Waals surface area contributed by atoms with Gasteiger partial charge in [-0.15, -0.1) is 0 Å².